The molecule has 0 aromatic heterocycles. The van der Waals surface area contributed by atoms with E-state index in [2.05, 4.69) is 5.32 Å². The second-order valence-corrected chi connectivity index (χ2v) is 7.52. The number of piperidine rings is 1. The summed E-state index contributed by atoms with van der Waals surface area (Å²) in [4.78, 5) is 0.161. The fourth-order valence-corrected chi connectivity index (χ4v) is 4.13. The number of rotatable bonds is 7. The van der Waals surface area contributed by atoms with Crippen LogP contribution in [0.25, 0.3) is 0 Å². The number of hydrogen-bond donors (Lipinski definition) is 1. The zero-order valence-corrected chi connectivity index (χ0v) is 13.9. The molecule has 0 bridgehead atoms. The number of nitrogens with zero attached hydrogens (tertiary/aromatic N) is 1. The highest BCUT2D eigenvalue weighted by atomic mass is 32.2. The van der Waals surface area contributed by atoms with Gasteiger partial charge in [-0.25, -0.2) is 17.2 Å². The van der Waals surface area contributed by atoms with Gasteiger partial charge in [0.05, 0.1) is 4.90 Å². The van der Waals surface area contributed by atoms with Gasteiger partial charge in [-0.2, -0.15) is 4.31 Å². The molecule has 0 spiro atoms. The Morgan fingerprint density at radius 1 is 1.26 bits per heavy atom. The first-order chi connectivity index (χ1) is 10.9. The van der Waals surface area contributed by atoms with Crippen LogP contribution < -0.4 is 10.1 Å². The van der Waals surface area contributed by atoms with E-state index in [4.69, 9.17) is 4.74 Å². The van der Waals surface area contributed by atoms with Gasteiger partial charge >= 0.3 is 0 Å². The Hall–Kier alpha value is -1.25. The molecule has 1 heterocycles. The van der Waals surface area contributed by atoms with Crippen LogP contribution in [0.1, 0.15) is 12.8 Å². The maximum Gasteiger partial charge on any atom is 0.272 e. The number of sulfonamides is 1. The minimum Gasteiger partial charge on any atom is -0.488 e. The van der Waals surface area contributed by atoms with Crippen LogP contribution in [0.5, 0.6) is 5.75 Å². The van der Waals surface area contributed by atoms with E-state index in [9.17, 15) is 17.2 Å². The van der Waals surface area contributed by atoms with Crippen molar-refractivity contribution < 1.29 is 21.9 Å². The molecule has 1 saturated heterocycles. The highest BCUT2D eigenvalue weighted by molar-refractivity contribution is 7.89. The molecule has 0 amide bonds. The summed E-state index contributed by atoms with van der Waals surface area (Å²) in [7, 11) is -1.65. The molecular formula is C15H22F2N2O3S. The van der Waals surface area contributed by atoms with Crippen LogP contribution >= 0.6 is 0 Å². The third-order valence-electron chi connectivity index (χ3n) is 3.90. The lowest BCUT2D eigenvalue weighted by Crippen LogP contribution is -2.40. The topological polar surface area (TPSA) is 58.6 Å². The van der Waals surface area contributed by atoms with Gasteiger partial charge in [0.1, 0.15) is 12.4 Å². The van der Waals surface area contributed by atoms with E-state index in [-0.39, 0.29) is 10.6 Å². The van der Waals surface area contributed by atoms with Gasteiger partial charge < -0.3 is 10.1 Å². The van der Waals surface area contributed by atoms with E-state index < -0.39 is 23.1 Å². The molecule has 8 heteroatoms. The lowest BCUT2D eigenvalue weighted by atomic mass is 9.98. The van der Waals surface area contributed by atoms with Crippen LogP contribution in [0.3, 0.4) is 0 Å². The molecule has 2 rings (SSSR count). The Bertz CT molecular complexity index is 585. The standard InChI is InChI=1S/C15H22F2N2O3S/c1-18-10-12-6-8-19(9-7-12)23(20,21)14-4-2-13(3-5-14)22-11-15(16)17/h2-5,12,15,18H,6-11H2,1H3. The highest BCUT2D eigenvalue weighted by Crippen LogP contribution is 2.25. The Morgan fingerprint density at radius 3 is 2.39 bits per heavy atom. The summed E-state index contributed by atoms with van der Waals surface area (Å²) in [6, 6.07) is 5.61. The molecule has 1 aliphatic heterocycles. The molecule has 0 radical (unpaired) electrons. The SMILES string of the molecule is CNCC1CCN(S(=O)(=O)c2ccc(OCC(F)F)cc2)CC1. The zero-order valence-electron chi connectivity index (χ0n) is 13.0. The Morgan fingerprint density at radius 2 is 1.87 bits per heavy atom. The summed E-state index contributed by atoms with van der Waals surface area (Å²) in [5.41, 5.74) is 0. The lowest BCUT2D eigenvalue weighted by molar-refractivity contribution is 0.0819. The summed E-state index contributed by atoms with van der Waals surface area (Å²) in [5, 5.41) is 3.11. The molecule has 1 aromatic carbocycles. The predicted octanol–water partition coefficient (Wildman–Crippen LogP) is 1.95. The van der Waals surface area contributed by atoms with Crippen molar-refractivity contribution in [1.82, 2.24) is 9.62 Å². The van der Waals surface area contributed by atoms with Crippen molar-refractivity contribution in [3.05, 3.63) is 24.3 Å². The van der Waals surface area contributed by atoms with E-state index in [0.29, 0.717) is 19.0 Å². The smallest absolute Gasteiger partial charge is 0.272 e. The quantitative estimate of drug-likeness (QED) is 0.818. The van der Waals surface area contributed by atoms with Gasteiger partial charge in [0, 0.05) is 13.1 Å². The summed E-state index contributed by atoms with van der Waals surface area (Å²) in [6.07, 6.45) is -0.900. The molecule has 0 saturated carbocycles. The van der Waals surface area contributed by atoms with Crippen molar-refractivity contribution in [1.29, 1.82) is 0 Å². The lowest BCUT2D eigenvalue weighted by Gasteiger charge is -2.31. The van der Waals surface area contributed by atoms with E-state index in [0.717, 1.165) is 19.4 Å². The average molecular weight is 348 g/mol. The summed E-state index contributed by atoms with van der Waals surface area (Å²) in [5.74, 6) is 0.730. The van der Waals surface area contributed by atoms with Gasteiger partial charge in [-0.1, -0.05) is 0 Å². The van der Waals surface area contributed by atoms with Crippen molar-refractivity contribution >= 4 is 10.0 Å². The second kappa shape index (κ2) is 8.03. The second-order valence-electron chi connectivity index (χ2n) is 5.58. The Labute approximate surface area is 135 Å². The molecule has 0 aliphatic carbocycles. The number of ether oxygens (including phenoxy) is 1. The van der Waals surface area contributed by atoms with E-state index in [1.54, 1.807) is 0 Å². The molecule has 1 aromatic rings. The first-order valence-electron chi connectivity index (χ1n) is 7.59. The summed E-state index contributed by atoms with van der Waals surface area (Å²) in [6.45, 7) is 1.19. The molecular weight excluding hydrogens is 326 g/mol. The van der Waals surface area contributed by atoms with Gasteiger partial charge in [0.2, 0.25) is 10.0 Å². The predicted molar refractivity (Wildman–Crippen MR) is 83.4 cm³/mol. The van der Waals surface area contributed by atoms with Gasteiger partial charge in [-0.05, 0) is 56.6 Å². The fraction of sp³-hybridized carbons (Fsp3) is 0.600. The first-order valence-corrected chi connectivity index (χ1v) is 9.03. The van der Waals surface area contributed by atoms with Gasteiger partial charge in [0.15, 0.2) is 0 Å². The van der Waals surface area contributed by atoms with Crippen molar-refractivity contribution in [3.63, 3.8) is 0 Å². The van der Waals surface area contributed by atoms with Gasteiger partial charge in [-0.3, -0.25) is 0 Å². The number of halogens is 2. The summed E-state index contributed by atoms with van der Waals surface area (Å²) < 4.78 is 55.7. The minimum absolute atomic E-state index is 0.161. The van der Waals surface area contributed by atoms with E-state index >= 15 is 0 Å². The molecule has 1 aliphatic rings. The van der Waals surface area contributed by atoms with Crippen LogP contribution in [0.4, 0.5) is 8.78 Å². The van der Waals surface area contributed by atoms with Gasteiger partial charge in [0.25, 0.3) is 6.43 Å². The highest BCUT2D eigenvalue weighted by Gasteiger charge is 2.29. The maximum absolute atomic E-state index is 12.6. The third kappa shape index (κ3) is 4.86. The molecule has 0 unspecified atom stereocenters. The van der Waals surface area contributed by atoms with Crippen LogP contribution in [-0.4, -0.2) is 52.4 Å². The number of benzene rings is 1. The van der Waals surface area contributed by atoms with E-state index in [1.807, 2.05) is 7.05 Å². The number of nitrogens with one attached hydrogen (secondary N) is 1. The Balaban J connectivity index is 1.99. The number of alkyl halides is 2. The van der Waals surface area contributed by atoms with Crippen molar-refractivity contribution in [3.8, 4) is 5.75 Å². The average Bonchev–Trinajstić information content (AvgIpc) is 2.54. The van der Waals surface area contributed by atoms with Crippen LogP contribution in [-0.2, 0) is 10.0 Å². The number of hydrogen-bond acceptors (Lipinski definition) is 4. The van der Waals surface area contributed by atoms with Gasteiger partial charge in [-0.15, -0.1) is 0 Å². The third-order valence-corrected chi connectivity index (χ3v) is 5.82. The molecule has 5 nitrogen and oxygen atoms in total. The van der Waals surface area contributed by atoms with Crippen LogP contribution in [0, 0.1) is 5.92 Å². The first kappa shape index (κ1) is 18.1. The van der Waals surface area contributed by atoms with Crippen molar-refractivity contribution in [2.45, 2.75) is 24.2 Å². The van der Waals surface area contributed by atoms with Crippen LogP contribution in [0.15, 0.2) is 29.2 Å². The normalized spacial score (nSPS) is 17.6. The van der Waals surface area contributed by atoms with Crippen molar-refractivity contribution in [2.75, 3.05) is 33.3 Å². The minimum atomic E-state index is -3.54. The summed E-state index contributed by atoms with van der Waals surface area (Å²) >= 11 is 0. The van der Waals surface area contributed by atoms with Crippen molar-refractivity contribution in [2.24, 2.45) is 5.92 Å². The molecule has 1 N–H and O–H groups in total. The Kier molecular flexibility index (Phi) is 6.32. The molecule has 23 heavy (non-hydrogen) atoms. The molecule has 1 fully saturated rings. The molecule has 0 atom stereocenters. The maximum atomic E-state index is 12.6. The van der Waals surface area contributed by atoms with Crippen LogP contribution in [0.2, 0.25) is 0 Å². The monoisotopic (exact) mass is 348 g/mol. The largest absolute Gasteiger partial charge is 0.488 e. The van der Waals surface area contributed by atoms with E-state index in [1.165, 1.54) is 28.6 Å². The molecule has 130 valence electrons. The fourth-order valence-electron chi connectivity index (χ4n) is 2.66. The zero-order chi connectivity index (χ0) is 16.9.